The van der Waals surface area contributed by atoms with Gasteiger partial charge in [0.25, 0.3) is 11.8 Å². The van der Waals surface area contributed by atoms with Crippen LogP contribution in [0.2, 0.25) is 10.3 Å². The molecule has 0 aliphatic carbocycles. The highest BCUT2D eigenvalue weighted by atomic mass is 35.5. The standard InChI is InChI=1S/C21H25FN4O.C17H16ClFN2O.C11H14FN.C6H4ClNO2.C5H12N2.CH4/c22-18-5-2-1-4-17(18)16-8-12-26(13-9-16)21(27)19-6-3-7-20(24-19)25-14-10-23-11-15-25;18-16-7-3-6-15(20-16)17(22)21-10-8-12(9-11-21)13-4-1-2-5-14(13)19;12-11-4-2-1-3-10(11)9-5-7-13-8-6-9;7-5-3-1-2-4(8-5)6(9)10;1-7-4-2-6-3-5-7;/h1-7,16,23H,8-15H2;1-7,12H,8-11H2;1-4,9,13H,5-8H2;1-3H,(H,9,10);6H,2-5H2,1H3;1H4. The van der Waals surface area contributed by atoms with Crippen molar-refractivity contribution in [2.24, 2.45) is 0 Å². The van der Waals surface area contributed by atoms with E-state index in [2.05, 4.69) is 47.7 Å². The number of likely N-dealkylation sites (N-methyl/N-ethyl adjacent to an activating group) is 1. The third-order valence-electron chi connectivity index (χ3n) is 14.5. The van der Waals surface area contributed by atoms with Gasteiger partial charge in [0.2, 0.25) is 0 Å². The number of carbonyl (C=O) groups is 3. The molecule has 0 saturated carbocycles. The number of carbonyl (C=O) groups excluding carboxylic acids is 2. The van der Waals surface area contributed by atoms with E-state index in [0.717, 1.165) is 113 Å². The molecule has 5 fully saturated rings. The van der Waals surface area contributed by atoms with Crippen LogP contribution in [0.1, 0.15) is 112 Å². The summed E-state index contributed by atoms with van der Waals surface area (Å²) in [6, 6.07) is 36.1. The summed E-state index contributed by atoms with van der Waals surface area (Å²) >= 11 is 11.2. The Hall–Kier alpha value is -6.47. The highest BCUT2D eigenvalue weighted by Gasteiger charge is 2.29. The number of hydrogen-bond donors (Lipinski definition) is 4. The number of carboxylic acid groups (broad SMARTS) is 1. The van der Waals surface area contributed by atoms with Crippen LogP contribution in [0.25, 0.3) is 0 Å². The van der Waals surface area contributed by atoms with E-state index in [1.54, 1.807) is 59.5 Å². The number of hydrogen-bond acceptors (Lipinski definition) is 11. The van der Waals surface area contributed by atoms with Gasteiger partial charge in [0.1, 0.15) is 50.7 Å². The molecule has 0 bridgehead atoms. The Morgan fingerprint density at radius 1 is 0.463 bits per heavy atom. The zero-order chi connectivity index (χ0) is 55.9. The Balaban J connectivity index is 0.000000173. The molecule has 8 heterocycles. The predicted molar refractivity (Wildman–Crippen MR) is 312 cm³/mol. The van der Waals surface area contributed by atoms with Crippen LogP contribution in [0.15, 0.2) is 127 Å². The number of nitrogens with zero attached hydrogens (tertiary/aromatic N) is 7. The summed E-state index contributed by atoms with van der Waals surface area (Å²) in [6.07, 6.45) is 5.19. The van der Waals surface area contributed by atoms with E-state index in [9.17, 15) is 27.6 Å². The molecule has 2 amide bonds. The fourth-order valence-electron chi connectivity index (χ4n) is 10.1. The number of rotatable bonds is 7. The van der Waals surface area contributed by atoms with Crippen LogP contribution >= 0.6 is 23.2 Å². The number of carboxylic acids is 1. The molecule has 0 radical (unpaired) electrons. The van der Waals surface area contributed by atoms with Crippen LogP contribution in [0.4, 0.5) is 19.0 Å². The van der Waals surface area contributed by atoms with Gasteiger partial charge in [-0.15, -0.1) is 0 Å². The van der Waals surface area contributed by atoms with E-state index in [-0.39, 0.29) is 59.4 Å². The fourth-order valence-corrected chi connectivity index (χ4v) is 10.4. The van der Waals surface area contributed by atoms with Crippen LogP contribution in [-0.2, 0) is 0 Å². The first-order valence-corrected chi connectivity index (χ1v) is 27.9. The van der Waals surface area contributed by atoms with Gasteiger partial charge in [-0.05, 0) is 148 Å². The van der Waals surface area contributed by atoms with Gasteiger partial charge >= 0.3 is 5.97 Å². The number of likely N-dealkylation sites (tertiary alicyclic amines) is 2. The average Bonchev–Trinajstić information content (AvgIpc) is 3.49. The molecule has 6 aromatic rings. The summed E-state index contributed by atoms with van der Waals surface area (Å²) in [6.45, 7) is 12.9. The maximum absolute atomic E-state index is 14.0. The number of halogens is 5. The van der Waals surface area contributed by atoms with Gasteiger partial charge in [0, 0.05) is 78.5 Å². The first-order valence-electron chi connectivity index (χ1n) is 27.2. The molecule has 5 aliphatic rings. The Morgan fingerprint density at radius 2 is 0.825 bits per heavy atom. The molecular weight excluding hydrogens is 1060 g/mol. The number of aromatic carboxylic acids is 1. The van der Waals surface area contributed by atoms with Crippen molar-refractivity contribution in [3.8, 4) is 0 Å². The number of nitrogens with one attached hydrogen (secondary N) is 3. The molecule has 3 aromatic heterocycles. The van der Waals surface area contributed by atoms with Crippen molar-refractivity contribution < 1.29 is 32.7 Å². The lowest BCUT2D eigenvalue weighted by molar-refractivity contribution is 0.0685. The van der Waals surface area contributed by atoms with E-state index >= 15 is 0 Å². The quantitative estimate of drug-likeness (QED) is 0.112. The normalized spacial score (nSPS) is 17.1. The van der Waals surface area contributed by atoms with E-state index in [4.69, 9.17) is 28.3 Å². The molecule has 3 aromatic carbocycles. The van der Waals surface area contributed by atoms with E-state index in [0.29, 0.717) is 48.6 Å². The molecule has 0 unspecified atom stereocenters. The second-order valence-corrected chi connectivity index (χ2v) is 20.7. The number of amides is 2. The van der Waals surface area contributed by atoms with Gasteiger partial charge < -0.3 is 40.7 Å². The van der Waals surface area contributed by atoms with Crippen molar-refractivity contribution in [1.29, 1.82) is 0 Å². The Labute approximate surface area is 479 Å². The monoisotopic (exact) mass is 1140 g/mol. The molecule has 11 rings (SSSR count). The van der Waals surface area contributed by atoms with Gasteiger partial charge in [-0.25, -0.2) is 32.9 Å². The van der Waals surface area contributed by atoms with Gasteiger partial charge in [0.05, 0.1) is 0 Å². The topological polar surface area (TPSA) is 159 Å². The largest absolute Gasteiger partial charge is 0.477 e. The third kappa shape index (κ3) is 19.1. The molecule has 19 heteroatoms. The highest BCUT2D eigenvalue weighted by Crippen LogP contribution is 2.32. The van der Waals surface area contributed by atoms with Crippen molar-refractivity contribution in [2.45, 2.75) is 63.7 Å². The Kier molecular flexibility index (Phi) is 25.6. The first-order chi connectivity index (χ1) is 38.3. The number of anilines is 1. The first kappa shape index (κ1) is 62.7. The van der Waals surface area contributed by atoms with Crippen LogP contribution < -0.4 is 20.9 Å². The number of pyridine rings is 3. The van der Waals surface area contributed by atoms with E-state index in [1.165, 1.54) is 37.4 Å². The molecular formula is C61H75Cl2F3N10O4. The van der Waals surface area contributed by atoms with Crippen molar-refractivity contribution in [3.05, 3.63) is 189 Å². The zero-order valence-corrected chi connectivity index (χ0v) is 46.2. The minimum atomic E-state index is -1.07. The van der Waals surface area contributed by atoms with Crippen molar-refractivity contribution in [2.75, 3.05) is 104 Å². The number of aromatic nitrogens is 3. The fraction of sp³-hybridized carbons (Fsp3) is 0.410. The number of benzene rings is 3. The lowest BCUT2D eigenvalue weighted by atomic mass is 9.89. The van der Waals surface area contributed by atoms with Crippen LogP contribution in [0.5, 0.6) is 0 Å². The molecule has 428 valence electrons. The maximum atomic E-state index is 14.0. The smallest absolute Gasteiger partial charge is 0.354 e. The summed E-state index contributed by atoms with van der Waals surface area (Å²) in [5.74, 6) is 0.0563. The summed E-state index contributed by atoms with van der Waals surface area (Å²) < 4.78 is 41.2. The second-order valence-electron chi connectivity index (χ2n) is 19.9. The maximum Gasteiger partial charge on any atom is 0.354 e. The summed E-state index contributed by atoms with van der Waals surface area (Å²) in [7, 11) is 2.15. The summed E-state index contributed by atoms with van der Waals surface area (Å²) in [5.41, 5.74) is 3.22. The molecule has 5 saturated heterocycles. The van der Waals surface area contributed by atoms with Gasteiger partial charge in [0.15, 0.2) is 0 Å². The molecule has 0 atom stereocenters. The Morgan fingerprint density at radius 3 is 1.21 bits per heavy atom. The number of piperidine rings is 3. The second kappa shape index (κ2) is 32.7. The van der Waals surface area contributed by atoms with Crippen molar-refractivity contribution in [1.82, 2.24) is 45.6 Å². The molecule has 0 spiro atoms. The average molecular weight is 1140 g/mol. The van der Waals surface area contributed by atoms with Crippen LogP contribution in [-0.4, -0.2) is 151 Å². The lowest BCUT2D eigenvalue weighted by Crippen LogP contribution is -2.44. The highest BCUT2D eigenvalue weighted by molar-refractivity contribution is 6.29. The van der Waals surface area contributed by atoms with Crippen molar-refractivity contribution in [3.63, 3.8) is 0 Å². The Bertz CT molecular complexity index is 2870. The third-order valence-corrected chi connectivity index (χ3v) is 15.0. The van der Waals surface area contributed by atoms with E-state index < -0.39 is 5.97 Å². The zero-order valence-electron chi connectivity index (χ0n) is 44.7. The molecule has 80 heavy (non-hydrogen) atoms. The molecule has 5 aliphatic heterocycles. The predicted octanol–water partition coefficient (Wildman–Crippen LogP) is 10.4. The van der Waals surface area contributed by atoms with Gasteiger partial charge in [-0.2, -0.15) is 0 Å². The molecule has 14 nitrogen and oxygen atoms in total. The van der Waals surface area contributed by atoms with Gasteiger partial charge in [-0.1, -0.05) is 103 Å². The lowest BCUT2D eigenvalue weighted by Gasteiger charge is -2.32. The summed E-state index contributed by atoms with van der Waals surface area (Å²) in [5, 5.41) is 18.8. The SMILES string of the molecule is C.CN1CCNCC1.Fc1ccccc1C1CCNCC1.O=C(O)c1cccc(Cl)n1.O=C(c1cccc(Cl)n1)N1CCC(c2ccccc2F)CC1.O=C(c1cccc(N2CCNCC2)n1)N1CCC(c2ccccc2F)CC1. The van der Waals surface area contributed by atoms with Crippen LogP contribution in [0.3, 0.4) is 0 Å². The number of piperazine rings is 2. The van der Waals surface area contributed by atoms with Crippen LogP contribution in [0, 0.1) is 17.5 Å². The van der Waals surface area contributed by atoms with E-state index in [1.807, 2.05) is 53.4 Å². The summed E-state index contributed by atoms with van der Waals surface area (Å²) in [4.78, 5) is 55.9. The minimum Gasteiger partial charge on any atom is -0.477 e. The van der Waals surface area contributed by atoms with Crippen molar-refractivity contribution >= 4 is 46.8 Å². The van der Waals surface area contributed by atoms with Gasteiger partial charge in [-0.3, -0.25) is 9.59 Å². The molecule has 4 N–H and O–H groups in total. The minimum absolute atomic E-state index is 0.